The van der Waals surface area contributed by atoms with Crippen molar-refractivity contribution in [3.8, 4) is 0 Å². The topological polar surface area (TPSA) is 9.23 Å². The average Bonchev–Trinajstić information content (AvgIpc) is 2.77. The molecular formula is C28H62ClNOSi. The molecule has 2 nitrogen and oxygen atoms in total. The molecule has 32 heavy (non-hydrogen) atoms. The van der Waals surface area contributed by atoms with Gasteiger partial charge in [-0.15, -0.1) is 0 Å². The van der Waals surface area contributed by atoms with Crippen LogP contribution in [0.15, 0.2) is 0 Å². The first-order chi connectivity index (χ1) is 15.2. The van der Waals surface area contributed by atoms with Gasteiger partial charge in [0.25, 0.3) is 0 Å². The molecule has 0 atom stereocenters. The molecule has 0 unspecified atom stereocenters. The van der Waals surface area contributed by atoms with Crippen molar-refractivity contribution < 1.29 is 21.3 Å². The van der Waals surface area contributed by atoms with Gasteiger partial charge >= 0.3 is 0 Å². The molecule has 0 spiro atoms. The van der Waals surface area contributed by atoms with E-state index < -0.39 is 0 Å². The first-order valence-electron chi connectivity index (χ1n) is 14.6. The summed E-state index contributed by atoms with van der Waals surface area (Å²) in [6, 6.07) is 1.36. The SMILES string of the molecule is CCCCCCCCCCCCCCCCCC[N+](CCC)(CCC)CCC[SiH2]OC.[Cl-]. The predicted molar refractivity (Wildman–Crippen MR) is 145 cm³/mol. The van der Waals surface area contributed by atoms with Gasteiger partial charge in [0.15, 0.2) is 9.76 Å². The minimum atomic E-state index is -0.234. The Morgan fingerprint density at radius 3 is 1.22 bits per heavy atom. The van der Waals surface area contributed by atoms with Gasteiger partial charge in [0.1, 0.15) is 0 Å². The lowest BCUT2D eigenvalue weighted by Crippen LogP contribution is -3.00. The summed E-state index contributed by atoms with van der Waals surface area (Å²) < 4.78 is 6.80. The van der Waals surface area contributed by atoms with Crippen molar-refractivity contribution in [1.82, 2.24) is 0 Å². The Kier molecular flexibility index (Phi) is 29.9. The highest BCUT2D eigenvalue weighted by molar-refractivity contribution is 6.26. The van der Waals surface area contributed by atoms with Crippen molar-refractivity contribution in [2.45, 2.75) is 149 Å². The lowest BCUT2D eigenvalue weighted by atomic mass is 10.0. The Bertz CT molecular complexity index is 337. The molecule has 0 fully saturated rings. The Morgan fingerprint density at radius 2 is 0.844 bits per heavy atom. The van der Waals surface area contributed by atoms with Crippen LogP contribution in [0.4, 0.5) is 0 Å². The number of quaternary nitrogens is 1. The Hall–Kier alpha value is 0.427. The van der Waals surface area contributed by atoms with E-state index in [0.717, 1.165) is 0 Å². The highest BCUT2D eigenvalue weighted by Gasteiger charge is 2.24. The number of hydrogen-bond donors (Lipinski definition) is 0. The minimum Gasteiger partial charge on any atom is -1.00 e. The number of rotatable bonds is 26. The van der Waals surface area contributed by atoms with Crippen LogP contribution in [0.1, 0.15) is 143 Å². The molecule has 0 aliphatic heterocycles. The fourth-order valence-corrected chi connectivity index (χ4v) is 6.02. The first-order valence-corrected chi connectivity index (χ1v) is 16.2. The van der Waals surface area contributed by atoms with E-state index in [1.54, 1.807) is 0 Å². The van der Waals surface area contributed by atoms with Crippen LogP contribution in [0.5, 0.6) is 0 Å². The normalized spacial score (nSPS) is 12.0. The standard InChI is InChI=1S/C28H62NOSi.ClH/c1-5-8-9-10-11-12-13-14-15-16-17-18-19-20-21-22-26-29(24-6-2,25-7-3)27-23-28-31-30-4;/h5-28,31H2,1-4H3;1H/q+1;/p-1. The number of hydrogen-bond acceptors (Lipinski definition) is 1. The summed E-state index contributed by atoms with van der Waals surface area (Å²) in [5.74, 6) is 0. The van der Waals surface area contributed by atoms with Gasteiger partial charge in [-0.05, 0) is 38.1 Å². The van der Waals surface area contributed by atoms with Crippen molar-refractivity contribution in [2.75, 3.05) is 33.3 Å². The molecule has 0 aromatic rings. The van der Waals surface area contributed by atoms with Gasteiger partial charge < -0.3 is 21.3 Å². The third kappa shape index (κ3) is 22.2. The molecular weight excluding hydrogens is 430 g/mol. The molecule has 0 rings (SSSR count). The largest absolute Gasteiger partial charge is 1.00 e. The van der Waals surface area contributed by atoms with Crippen molar-refractivity contribution in [1.29, 1.82) is 0 Å². The molecule has 0 amide bonds. The predicted octanol–water partition coefficient (Wildman–Crippen LogP) is 5.43. The summed E-state index contributed by atoms with van der Waals surface area (Å²) in [6.07, 6.45) is 27.5. The van der Waals surface area contributed by atoms with Gasteiger partial charge in [-0.1, -0.05) is 111 Å². The highest BCUT2D eigenvalue weighted by atomic mass is 35.5. The number of unbranched alkanes of at least 4 members (excludes halogenated alkanes) is 15. The molecule has 0 N–H and O–H groups in total. The van der Waals surface area contributed by atoms with Crippen LogP contribution in [0, 0.1) is 0 Å². The maximum atomic E-state index is 5.40. The Morgan fingerprint density at radius 1 is 0.469 bits per heavy atom. The van der Waals surface area contributed by atoms with Gasteiger partial charge in [-0.25, -0.2) is 0 Å². The smallest absolute Gasteiger partial charge is 0.161 e. The van der Waals surface area contributed by atoms with Crippen LogP contribution in [0.2, 0.25) is 6.04 Å². The lowest BCUT2D eigenvalue weighted by molar-refractivity contribution is -0.928. The van der Waals surface area contributed by atoms with Gasteiger partial charge in [0.05, 0.1) is 26.2 Å². The molecule has 4 heteroatoms. The van der Waals surface area contributed by atoms with Crippen LogP contribution in [-0.4, -0.2) is 47.5 Å². The summed E-state index contributed by atoms with van der Waals surface area (Å²) in [5.41, 5.74) is 0. The number of halogens is 1. The van der Waals surface area contributed by atoms with Crippen molar-refractivity contribution >= 4 is 9.76 Å². The lowest BCUT2D eigenvalue weighted by Gasteiger charge is -2.39. The van der Waals surface area contributed by atoms with E-state index >= 15 is 0 Å². The van der Waals surface area contributed by atoms with Gasteiger partial charge in [0.2, 0.25) is 0 Å². The maximum Gasteiger partial charge on any atom is 0.161 e. The van der Waals surface area contributed by atoms with E-state index in [1.807, 2.05) is 7.11 Å². The van der Waals surface area contributed by atoms with Crippen molar-refractivity contribution in [3.05, 3.63) is 0 Å². The zero-order valence-corrected chi connectivity index (χ0v) is 25.1. The van der Waals surface area contributed by atoms with E-state index in [-0.39, 0.29) is 22.2 Å². The average molecular weight is 492 g/mol. The van der Waals surface area contributed by atoms with Gasteiger partial charge in [-0.3, -0.25) is 0 Å². The number of nitrogens with zero attached hydrogens (tertiary/aromatic N) is 1. The molecule has 196 valence electrons. The molecule has 0 aromatic heterocycles. The zero-order chi connectivity index (χ0) is 22.9. The van der Waals surface area contributed by atoms with Crippen molar-refractivity contribution in [2.24, 2.45) is 0 Å². The zero-order valence-electron chi connectivity index (χ0n) is 22.9. The third-order valence-electron chi connectivity index (χ3n) is 7.11. The monoisotopic (exact) mass is 491 g/mol. The second-order valence-electron chi connectivity index (χ2n) is 10.2. The molecule has 0 heterocycles. The Balaban J connectivity index is 0. The highest BCUT2D eigenvalue weighted by Crippen LogP contribution is 2.17. The second kappa shape index (κ2) is 27.7. The third-order valence-corrected chi connectivity index (χ3v) is 8.31. The quantitative estimate of drug-likeness (QED) is 0.0890. The summed E-state index contributed by atoms with van der Waals surface area (Å²) in [7, 11) is 1.66. The summed E-state index contributed by atoms with van der Waals surface area (Å²) in [6.45, 7) is 12.7. The summed E-state index contributed by atoms with van der Waals surface area (Å²) >= 11 is 0. The van der Waals surface area contributed by atoms with Gasteiger partial charge in [-0.2, -0.15) is 0 Å². The molecule has 0 radical (unpaired) electrons. The molecule has 0 saturated carbocycles. The van der Waals surface area contributed by atoms with Gasteiger partial charge in [0, 0.05) is 7.11 Å². The molecule has 0 aliphatic rings. The first kappa shape index (κ1) is 34.6. The maximum absolute atomic E-state index is 5.40. The van der Waals surface area contributed by atoms with E-state index in [9.17, 15) is 0 Å². The van der Waals surface area contributed by atoms with Crippen LogP contribution in [0.25, 0.3) is 0 Å². The summed E-state index contributed by atoms with van der Waals surface area (Å²) in [4.78, 5) is 0. The van der Waals surface area contributed by atoms with E-state index in [0.29, 0.717) is 0 Å². The van der Waals surface area contributed by atoms with Crippen molar-refractivity contribution in [3.63, 3.8) is 0 Å². The molecule has 0 bridgehead atoms. The van der Waals surface area contributed by atoms with E-state index in [2.05, 4.69) is 20.8 Å². The molecule has 0 saturated heterocycles. The minimum absolute atomic E-state index is 0. The Labute approximate surface area is 213 Å². The summed E-state index contributed by atoms with van der Waals surface area (Å²) in [5, 5.41) is 0. The van der Waals surface area contributed by atoms with Crippen LogP contribution in [0.3, 0.4) is 0 Å². The van der Waals surface area contributed by atoms with Crippen LogP contribution < -0.4 is 12.4 Å². The van der Waals surface area contributed by atoms with Crippen LogP contribution >= 0.6 is 0 Å². The van der Waals surface area contributed by atoms with E-state index in [1.165, 1.54) is 159 Å². The van der Waals surface area contributed by atoms with E-state index in [4.69, 9.17) is 4.43 Å². The fraction of sp³-hybridized carbons (Fsp3) is 1.00. The molecule has 0 aliphatic carbocycles. The fourth-order valence-electron chi connectivity index (χ4n) is 5.31. The molecule has 0 aromatic carbocycles. The van der Waals surface area contributed by atoms with Crippen LogP contribution in [-0.2, 0) is 4.43 Å². The second-order valence-corrected chi connectivity index (χ2v) is 11.9.